The predicted octanol–water partition coefficient (Wildman–Crippen LogP) is 4.04. The van der Waals surface area contributed by atoms with Crippen molar-refractivity contribution in [2.24, 2.45) is 5.92 Å². The number of hydrogen-bond acceptors (Lipinski definition) is 6. The Kier molecular flexibility index (Phi) is 5.36. The van der Waals surface area contributed by atoms with Crippen molar-refractivity contribution in [2.45, 2.75) is 37.8 Å². The molecule has 3 aromatic heterocycles. The van der Waals surface area contributed by atoms with Gasteiger partial charge in [0.2, 0.25) is 5.91 Å². The average molecular weight is 479 g/mol. The topological polar surface area (TPSA) is 106 Å². The average Bonchev–Trinajstić information content (AvgIpc) is 3.63. The van der Waals surface area contributed by atoms with Crippen LogP contribution in [-0.4, -0.2) is 42.0 Å². The van der Waals surface area contributed by atoms with Gasteiger partial charge in [-0.1, -0.05) is 36.9 Å². The maximum absolute atomic E-state index is 12.8. The number of imidazole rings is 1. The van der Waals surface area contributed by atoms with Crippen molar-refractivity contribution in [2.75, 3.05) is 5.73 Å². The lowest BCUT2D eigenvalue weighted by Gasteiger charge is -2.33. The number of nitrogens with two attached hydrogens (primary N) is 1. The first-order chi connectivity index (χ1) is 17.5. The summed E-state index contributed by atoms with van der Waals surface area (Å²) >= 11 is 0. The van der Waals surface area contributed by atoms with E-state index >= 15 is 0 Å². The molecule has 1 unspecified atom stereocenters. The molecule has 180 valence electrons. The number of rotatable bonds is 6. The largest absolute Gasteiger partial charge is 0.382 e. The molecule has 6 rings (SSSR count). The summed E-state index contributed by atoms with van der Waals surface area (Å²) in [5.74, 6) is 1.43. The Hall–Kier alpha value is -4.33. The zero-order valence-electron chi connectivity index (χ0n) is 19.7. The predicted molar refractivity (Wildman–Crippen MR) is 136 cm³/mol. The molecule has 1 saturated carbocycles. The smallest absolute Gasteiger partial charge is 0.246 e. The quantitative estimate of drug-likeness (QED) is 0.331. The fourth-order valence-electron chi connectivity index (χ4n) is 5.82. The summed E-state index contributed by atoms with van der Waals surface area (Å²) < 4.78 is 1.96. The zero-order chi connectivity index (χ0) is 24.8. The highest BCUT2D eigenvalue weighted by atomic mass is 16.2. The maximum Gasteiger partial charge on any atom is 0.246 e. The van der Waals surface area contributed by atoms with Crippen LogP contribution in [0, 0.1) is 5.92 Å². The number of nitrogen functional groups attached to an aromatic ring is 1. The van der Waals surface area contributed by atoms with Crippen molar-refractivity contribution in [3.63, 3.8) is 0 Å². The molecule has 0 spiro atoms. The van der Waals surface area contributed by atoms with Crippen molar-refractivity contribution in [3.05, 3.63) is 90.8 Å². The van der Waals surface area contributed by atoms with Crippen molar-refractivity contribution in [1.29, 1.82) is 0 Å². The van der Waals surface area contributed by atoms with E-state index in [4.69, 9.17) is 10.7 Å². The number of piperidine rings is 1. The minimum Gasteiger partial charge on any atom is -0.382 e. The Morgan fingerprint density at radius 2 is 1.92 bits per heavy atom. The molecule has 4 aromatic rings. The van der Waals surface area contributed by atoms with Gasteiger partial charge >= 0.3 is 0 Å². The highest BCUT2D eigenvalue weighted by Crippen LogP contribution is 2.50. The third kappa shape index (κ3) is 3.57. The minimum absolute atomic E-state index is 0.00243. The Labute approximate surface area is 208 Å². The molecule has 36 heavy (non-hydrogen) atoms. The lowest BCUT2D eigenvalue weighted by molar-refractivity contribution is -0.130. The van der Waals surface area contributed by atoms with Crippen LogP contribution in [0.25, 0.3) is 16.8 Å². The number of Topliss-reactive ketones (excluding diaryl/α,β-unsaturated/α-hetero) is 1. The first-order valence-corrected chi connectivity index (χ1v) is 12.2. The molecule has 2 aliphatic rings. The van der Waals surface area contributed by atoms with Crippen LogP contribution in [0.4, 0.5) is 5.82 Å². The molecular weight excluding hydrogens is 452 g/mol. The van der Waals surface area contributed by atoms with E-state index in [9.17, 15) is 9.59 Å². The van der Waals surface area contributed by atoms with E-state index in [2.05, 4.69) is 16.5 Å². The number of ketones is 1. The van der Waals surface area contributed by atoms with Crippen molar-refractivity contribution in [1.82, 2.24) is 24.3 Å². The van der Waals surface area contributed by atoms with Crippen molar-refractivity contribution >= 4 is 23.0 Å². The summed E-state index contributed by atoms with van der Waals surface area (Å²) in [6.07, 6.45) is 9.87. The van der Waals surface area contributed by atoms with Crippen LogP contribution >= 0.6 is 0 Å². The van der Waals surface area contributed by atoms with Gasteiger partial charge < -0.3 is 10.6 Å². The highest BCUT2D eigenvalue weighted by Gasteiger charge is 2.50. The van der Waals surface area contributed by atoms with Crippen LogP contribution in [0.3, 0.4) is 0 Å². The first-order valence-electron chi connectivity index (χ1n) is 12.2. The Morgan fingerprint density at radius 3 is 2.67 bits per heavy atom. The number of benzene rings is 1. The Balaban J connectivity index is 1.39. The van der Waals surface area contributed by atoms with E-state index in [0.717, 1.165) is 36.3 Å². The lowest BCUT2D eigenvalue weighted by Crippen LogP contribution is -2.39. The molecule has 2 N–H and O–H groups in total. The van der Waals surface area contributed by atoms with E-state index in [-0.39, 0.29) is 30.2 Å². The number of likely N-dealkylation sites (tertiary alicyclic amines) is 1. The van der Waals surface area contributed by atoms with E-state index in [1.807, 2.05) is 58.0 Å². The summed E-state index contributed by atoms with van der Waals surface area (Å²) in [5, 5.41) is 0. The maximum atomic E-state index is 12.8. The second-order valence-electron chi connectivity index (χ2n) is 9.47. The normalized spacial score (nSPS) is 20.7. The highest BCUT2D eigenvalue weighted by molar-refractivity contribution is 5.98. The molecule has 2 fully saturated rings. The fourth-order valence-corrected chi connectivity index (χ4v) is 5.82. The molecule has 1 aliphatic heterocycles. The third-order valence-corrected chi connectivity index (χ3v) is 7.44. The zero-order valence-corrected chi connectivity index (χ0v) is 19.7. The minimum atomic E-state index is -0.142. The summed E-state index contributed by atoms with van der Waals surface area (Å²) in [4.78, 5) is 41.1. The number of aromatic nitrogens is 4. The first kappa shape index (κ1) is 22.2. The third-order valence-electron chi connectivity index (χ3n) is 7.44. The monoisotopic (exact) mass is 478 g/mol. The SMILES string of the molecule is C=CC(=O)N1C(c2nc(-c3ccc(C(=O)Cc4ccccn4)cc3)c3c(N)nccn23)[C@H]2CC[C@@H]1C2. The number of nitrogens with zero attached hydrogens (tertiary/aromatic N) is 5. The van der Waals surface area contributed by atoms with Gasteiger partial charge in [-0.3, -0.25) is 19.0 Å². The number of pyridine rings is 1. The van der Waals surface area contributed by atoms with E-state index in [0.29, 0.717) is 28.5 Å². The molecule has 1 saturated heterocycles. The second-order valence-corrected chi connectivity index (χ2v) is 9.47. The molecule has 1 aliphatic carbocycles. The fraction of sp³-hybridized carbons (Fsp3) is 0.250. The van der Waals surface area contributed by atoms with Gasteiger partial charge in [0.05, 0.1) is 12.5 Å². The van der Waals surface area contributed by atoms with Crippen LogP contribution < -0.4 is 5.73 Å². The standard InChI is InChI=1S/C28H26N6O2/c1-2-23(36)34-21-11-10-19(15-21)25(34)28-32-24(26-27(29)31-13-14-33(26)28)18-8-6-17(7-9-18)22(35)16-20-5-3-4-12-30-20/h2-9,12-14,19,21,25H,1,10-11,15-16H2,(H2,29,31)/t19-,21+,25?/m0/s1. The van der Waals surface area contributed by atoms with E-state index in [1.165, 1.54) is 6.08 Å². The molecule has 0 radical (unpaired) electrons. The van der Waals surface area contributed by atoms with Crippen LogP contribution in [0.2, 0.25) is 0 Å². The molecule has 1 aromatic carbocycles. The summed E-state index contributed by atoms with van der Waals surface area (Å²) in [6.45, 7) is 3.71. The summed E-state index contributed by atoms with van der Waals surface area (Å²) in [5.41, 5.74) is 9.90. The molecule has 1 amide bonds. The number of anilines is 1. The molecule has 2 bridgehead atoms. The van der Waals surface area contributed by atoms with E-state index in [1.54, 1.807) is 12.4 Å². The Bertz CT molecular complexity index is 1480. The van der Waals surface area contributed by atoms with Gasteiger partial charge in [-0.2, -0.15) is 0 Å². The molecule has 8 nitrogen and oxygen atoms in total. The number of fused-ring (bicyclic) bond motifs is 3. The van der Waals surface area contributed by atoms with Gasteiger partial charge in [0.1, 0.15) is 22.9 Å². The number of carbonyl (C=O) groups excluding carboxylic acids is 2. The van der Waals surface area contributed by atoms with Gasteiger partial charge in [-0.15, -0.1) is 0 Å². The van der Waals surface area contributed by atoms with Gasteiger partial charge in [0.15, 0.2) is 5.78 Å². The van der Waals surface area contributed by atoms with Gasteiger partial charge in [-0.05, 0) is 43.4 Å². The van der Waals surface area contributed by atoms with Crippen molar-refractivity contribution in [3.8, 4) is 11.3 Å². The molecular formula is C28H26N6O2. The lowest BCUT2D eigenvalue weighted by atomic mass is 9.97. The van der Waals surface area contributed by atoms with Crippen LogP contribution in [0.15, 0.2) is 73.7 Å². The molecule has 3 atom stereocenters. The van der Waals surface area contributed by atoms with Crippen LogP contribution in [-0.2, 0) is 11.2 Å². The molecule has 8 heteroatoms. The van der Waals surface area contributed by atoms with Crippen molar-refractivity contribution < 1.29 is 9.59 Å². The van der Waals surface area contributed by atoms with E-state index < -0.39 is 0 Å². The number of carbonyl (C=O) groups is 2. The number of hydrogen-bond donors (Lipinski definition) is 1. The Morgan fingerprint density at radius 1 is 1.08 bits per heavy atom. The van der Waals surface area contributed by atoms with Gasteiger partial charge in [-0.25, -0.2) is 9.97 Å². The van der Waals surface area contributed by atoms with Crippen LogP contribution in [0.1, 0.15) is 47.2 Å². The van der Waals surface area contributed by atoms with Gasteiger partial charge in [0, 0.05) is 41.5 Å². The molecule has 4 heterocycles. The van der Waals surface area contributed by atoms with Gasteiger partial charge in [0.25, 0.3) is 0 Å². The summed E-state index contributed by atoms with van der Waals surface area (Å²) in [7, 11) is 0. The summed E-state index contributed by atoms with van der Waals surface area (Å²) in [6, 6.07) is 13.0. The van der Waals surface area contributed by atoms with Crippen LogP contribution in [0.5, 0.6) is 0 Å². The second kappa shape index (κ2) is 8.71. The number of amides is 1.